The van der Waals surface area contributed by atoms with Crippen LogP contribution in [0.3, 0.4) is 0 Å². The Kier molecular flexibility index (Phi) is 4.50. The monoisotopic (exact) mass is 345 g/mol. The van der Waals surface area contributed by atoms with Crippen molar-refractivity contribution in [2.45, 2.75) is 12.0 Å². The van der Waals surface area contributed by atoms with Crippen molar-refractivity contribution in [2.75, 3.05) is 6.61 Å². The van der Waals surface area contributed by atoms with Gasteiger partial charge in [0.25, 0.3) is 0 Å². The zero-order valence-corrected chi connectivity index (χ0v) is 11.2. The van der Waals surface area contributed by atoms with E-state index in [0.29, 0.717) is 0 Å². The molecule has 1 N–H and O–H groups in total. The summed E-state index contributed by atoms with van der Waals surface area (Å²) in [7, 11) is 0. The van der Waals surface area contributed by atoms with Gasteiger partial charge in [-0.15, -0.1) is 12.4 Å². The smallest absolute Gasteiger partial charge is 0.408 e. The van der Waals surface area contributed by atoms with Gasteiger partial charge in [0.15, 0.2) is 6.61 Å². The van der Waals surface area contributed by atoms with E-state index in [1.165, 1.54) is 18.2 Å². The average molecular weight is 347 g/mol. The number of benzene rings is 1. The minimum Gasteiger partial charge on any atom is -0.443 e. The van der Waals surface area contributed by atoms with E-state index in [9.17, 15) is 18.0 Å². The van der Waals surface area contributed by atoms with E-state index in [0.717, 1.165) is 0 Å². The van der Waals surface area contributed by atoms with Gasteiger partial charge in [-0.05, 0) is 22.0 Å². The molecule has 1 fully saturated rings. The number of alkyl halides is 2. The number of ether oxygens (including phenoxy) is 1. The molecule has 0 spiro atoms. The molecule has 0 unspecified atom stereocenters. The number of carbonyl (C=O) groups excluding carboxylic acids is 1. The number of carbonyl (C=O) groups is 1. The summed E-state index contributed by atoms with van der Waals surface area (Å²) in [6, 6.07) is 2.28. The number of halogens is 5. The van der Waals surface area contributed by atoms with Crippen molar-refractivity contribution >= 4 is 34.4 Å². The lowest BCUT2D eigenvalue weighted by Crippen LogP contribution is -2.49. The average Bonchev–Trinajstić information content (AvgIpc) is 2.26. The first-order valence-corrected chi connectivity index (χ1v) is 5.46. The number of hydrogen-bond acceptors (Lipinski definition) is 2. The van der Waals surface area contributed by atoms with Gasteiger partial charge in [-0.2, -0.15) is 0 Å². The molecule has 1 aliphatic heterocycles. The molecule has 0 saturated carbocycles. The lowest BCUT2D eigenvalue weighted by molar-refractivity contribution is -0.105. The number of hydrogen-bond donors (Lipinski definition) is 1. The number of nitrogens with one attached hydrogen (secondary N) is 1. The third kappa shape index (κ3) is 2.72. The van der Waals surface area contributed by atoms with Crippen molar-refractivity contribution in [3.63, 3.8) is 0 Å². The Morgan fingerprint density at radius 2 is 2.11 bits per heavy atom. The Hall–Kier alpha value is -0.950. The van der Waals surface area contributed by atoms with Crippen LogP contribution in [-0.4, -0.2) is 18.6 Å². The standard InChI is InChI=1S/C10H7BrF3NO2.ClH/c11-6-3-1-2-5(7(6)12)8-10(13,14)4-17-9(16)15-8;/h1-3,8H,4H2,(H,15,16);1H/t8-;/m0./s1. The molecule has 1 aromatic rings. The molecule has 1 saturated heterocycles. The highest BCUT2D eigenvalue weighted by atomic mass is 79.9. The van der Waals surface area contributed by atoms with Crippen LogP contribution >= 0.6 is 28.3 Å². The molecule has 0 radical (unpaired) electrons. The summed E-state index contributed by atoms with van der Waals surface area (Å²) in [6.07, 6.45) is -0.986. The van der Waals surface area contributed by atoms with Gasteiger partial charge in [0.1, 0.15) is 11.9 Å². The van der Waals surface area contributed by atoms with E-state index in [-0.39, 0.29) is 22.4 Å². The van der Waals surface area contributed by atoms with Crippen LogP contribution in [0.4, 0.5) is 18.0 Å². The summed E-state index contributed by atoms with van der Waals surface area (Å²) in [4.78, 5) is 10.9. The van der Waals surface area contributed by atoms with Crippen molar-refractivity contribution in [1.29, 1.82) is 0 Å². The molecule has 1 aromatic carbocycles. The third-order valence-corrected chi connectivity index (χ3v) is 2.99. The molecule has 0 aliphatic carbocycles. The van der Waals surface area contributed by atoms with Crippen molar-refractivity contribution in [3.8, 4) is 0 Å². The molecule has 3 nitrogen and oxygen atoms in total. The molecular formula is C10H8BrClF3NO2. The minimum absolute atomic E-state index is 0. The summed E-state index contributed by atoms with van der Waals surface area (Å²) in [5, 5.41) is 1.92. The van der Waals surface area contributed by atoms with Gasteiger partial charge in [0.2, 0.25) is 0 Å². The van der Waals surface area contributed by atoms with Crippen LogP contribution in [0.15, 0.2) is 22.7 Å². The first kappa shape index (κ1) is 15.1. The number of alkyl carbamates (subject to hydrolysis) is 1. The van der Waals surface area contributed by atoms with Crippen LogP contribution < -0.4 is 5.32 Å². The summed E-state index contributed by atoms with van der Waals surface area (Å²) in [5.74, 6) is -4.17. The van der Waals surface area contributed by atoms with E-state index in [2.05, 4.69) is 20.7 Å². The zero-order valence-electron chi connectivity index (χ0n) is 8.75. The fourth-order valence-electron chi connectivity index (χ4n) is 1.56. The van der Waals surface area contributed by atoms with E-state index < -0.39 is 30.5 Å². The second-order valence-electron chi connectivity index (χ2n) is 3.56. The number of amides is 1. The Bertz CT molecular complexity index is 472. The van der Waals surface area contributed by atoms with Crippen molar-refractivity contribution in [2.24, 2.45) is 0 Å². The second kappa shape index (κ2) is 5.36. The Morgan fingerprint density at radius 1 is 1.44 bits per heavy atom. The molecule has 2 rings (SSSR count). The van der Waals surface area contributed by atoms with Gasteiger partial charge in [-0.25, -0.2) is 18.0 Å². The van der Waals surface area contributed by atoms with Crippen LogP contribution in [-0.2, 0) is 4.74 Å². The van der Waals surface area contributed by atoms with Gasteiger partial charge >= 0.3 is 12.0 Å². The van der Waals surface area contributed by atoms with Crippen LogP contribution in [0.5, 0.6) is 0 Å². The molecule has 0 aromatic heterocycles. The largest absolute Gasteiger partial charge is 0.443 e. The molecule has 0 bridgehead atoms. The molecule has 100 valence electrons. The normalized spacial score (nSPS) is 21.6. The predicted molar refractivity (Wildman–Crippen MR) is 63.5 cm³/mol. The summed E-state index contributed by atoms with van der Waals surface area (Å²) in [5.41, 5.74) is -0.277. The molecule has 1 heterocycles. The van der Waals surface area contributed by atoms with Gasteiger partial charge in [-0.3, -0.25) is 0 Å². The highest BCUT2D eigenvalue weighted by Crippen LogP contribution is 2.36. The molecule has 1 atom stereocenters. The van der Waals surface area contributed by atoms with E-state index in [1.54, 1.807) is 0 Å². The van der Waals surface area contributed by atoms with Crippen LogP contribution in [0, 0.1) is 5.82 Å². The quantitative estimate of drug-likeness (QED) is 0.846. The van der Waals surface area contributed by atoms with Crippen LogP contribution in [0.25, 0.3) is 0 Å². The Balaban J connectivity index is 0.00000162. The van der Waals surface area contributed by atoms with Gasteiger partial charge < -0.3 is 10.1 Å². The third-order valence-electron chi connectivity index (χ3n) is 2.37. The fraction of sp³-hybridized carbons (Fsp3) is 0.300. The molecule has 8 heteroatoms. The predicted octanol–water partition coefficient (Wildman–Crippen LogP) is 3.43. The summed E-state index contributed by atoms with van der Waals surface area (Å²) >= 11 is 2.90. The maximum Gasteiger partial charge on any atom is 0.408 e. The van der Waals surface area contributed by atoms with Crippen molar-refractivity contribution in [1.82, 2.24) is 5.32 Å². The SMILES string of the molecule is Cl.O=C1N[C@@H](c2cccc(Br)c2F)C(F)(F)CO1. The topological polar surface area (TPSA) is 38.3 Å². The zero-order chi connectivity index (χ0) is 12.6. The molecule has 1 aliphatic rings. The van der Waals surface area contributed by atoms with Gasteiger partial charge in [0.05, 0.1) is 4.47 Å². The number of cyclic esters (lactones) is 1. The minimum atomic E-state index is -3.35. The maximum atomic E-state index is 13.7. The summed E-state index contributed by atoms with van der Waals surface area (Å²) in [6.45, 7) is -1.06. The second-order valence-corrected chi connectivity index (χ2v) is 4.41. The first-order chi connectivity index (χ1) is 7.92. The van der Waals surface area contributed by atoms with Crippen LogP contribution in [0.2, 0.25) is 0 Å². The number of rotatable bonds is 1. The van der Waals surface area contributed by atoms with Crippen molar-refractivity contribution in [3.05, 3.63) is 34.1 Å². The maximum absolute atomic E-state index is 13.7. The lowest BCUT2D eigenvalue weighted by atomic mass is 9.99. The summed E-state index contributed by atoms with van der Waals surface area (Å²) < 4.78 is 45.0. The van der Waals surface area contributed by atoms with E-state index in [4.69, 9.17) is 0 Å². The Labute approximate surface area is 115 Å². The lowest BCUT2D eigenvalue weighted by Gasteiger charge is -2.32. The molecule has 1 amide bonds. The molecule has 18 heavy (non-hydrogen) atoms. The Morgan fingerprint density at radius 3 is 2.78 bits per heavy atom. The van der Waals surface area contributed by atoms with Crippen LogP contribution in [0.1, 0.15) is 11.6 Å². The fourth-order valence-corrected chi connectivity index (χ4v) is 1.94. The van der Waals surface area contributed by atoms with Gasteiger partial charge in [0, 0.05) is 5.56 Å². The van der Waals surface area contributed by atoms with E-state index >= 15 is 0 Å². The highest BCUT2D eigenvalue weighted by molar-refractivity contribution is 9.10. The van der Waals surface area contributed by atoms with Crippen molar-refractivity contribution < 1.29 is 22.7 Å². The first-order valence-electron chi connectivity index (χ1n) is 4.67. The van der Waals surface area contributed by atoms with E-state index in [1.807, 2.05) is 5.32 Å². The highest BCUT2D eigenvalue weighted by Gasteiger charge is 2.47. The van der Waals surface area contributed by atoms with Gasteiger partial charge in [-0.1, -0.05) is 12.1 Å². The molecular weight excluding hydrogens is 338 g/mol.